The Kier molecular flexibility index (Phi) is 4.37. The van der Waals surface area contributed by atoms with E-state index in [1.807, 2.05) is 0 Å². The molecule has 0 bridgehead atoms. The minimum atomic E-state index is 0.0478. The van der Waals surface area contributed by atoms with Gasteiger partial charge in [0.25, 0.3) is 0 Å². The van der Waals surface area contributed by atoms with Crippen molar-refractivity contribution in [3.05, 3.63) is 23.4 Å². The lowest BCUT2D eigenvalue weighted by Gasteiger charge is -2.20. The molecule has 1 aliphatic rings. The minimum absolute atomic E-state index is 0.0478. The van der Waals surface area contributed by atoms with Crippen molar-refractivity contribution < 1.29 is 4.79 Å². The molecule has 17 heavy (non-hydrogen) atoms. The Bertz CT molecular complexity index is 389. The summed E-state index contributed by atoms with van der Waals surface area (Å²) in [6.07, 6.45) is 8.38. The van der Waals surface area contributed by atoms with Crippen LogP contribution >= 0.6 is 11.6 Å². The topological polar surface area (TPSA) is 42.0 Å². The maximum Gasteiger partial charge on any atom is 0.225 e. The zero-order valence-electron chi connectivity index (χ0n) is 9.79. The Labute approximate surface area is 107 Å². The van der Waals surface area contributed by atoms with Gasteiger partial charge < -0.3 is 5.32 Å². The van der Waals surface area contributed by atoms with E-state index in [2.05, 4.69) is 10.3 Å². The summed E-state index contributed by atoms with van der Waals surface area (Å²) in [7, 11) is 0. The standard InChI is InChI=1S/C13H17ClN2O/c14-11-6-7-15-12(9-11)16-13(17)8-10-4-2-1-3-5-10/h6-7,9-10H,1-5,8H2,(H,15,16,17). The van der Waals surface area contributed by atoms with Crippen LogP contribution in [0.4, 0.5) is 5.82 Å². The number of halogens is 1. The lowest BCUT2D eigenvalue weighted by molar-refractivity contribution is -0.117. The van der Waals surface area contributed by atoms with Gasteiger partial charge in [0.15, 0.2) is 0 Å². The number of carbonyl (C=O) groups is 1. The van der Waals surface area contributed by atoms with Crippen LogP contribution in [0.2, 0.25) is 5.02 Å². The first-order chi connectivity index (χ1) is 8.24. The molecule has 1 N–H and O–H groups in total. The molecule has 92 valence electrons. The maximum atomic E-state index is 11.8. The molecular formula is C13H17ClN2O. The molecule has 1 aromatic heterocycles. The first-order valence-corrected chi connectivity index (χ1v) is 6.53. The summed E-state index contributed by atoms with van der Waals surface area (Å²) in [5.74, 6) is 1.13. The molecule has 0 spiro atoms. The molecule has 1 saturated carbocycles. The summed E-state index contributed by atoms with van der Waals surface area (Å²) in [6.45, 7) is 0. The quantitative estimate of drug-likeness (QED) is 0.892. The van der Waals surface area contributed by atoms with Gasteiger partial charge in [-0.05, 0) is 30.9 Å². The van der Waals surface area contributed by atoms with Crippen molar-refractivity contribution in [3.63, 3.8) is 0 Å². The molecule has 3 nitrogen and oxygen atoms in total. The van der Waals surface area contributed by atoms with Gasteiger partial charge in [-0.2, -0.15) is 0 Å². The molecule has 0 unspecified atom stereocenters. The van der Waals surface area contributed by atoms with E-state index < -0.39 is 0 Å². The van der Waals surface area contributed by atoms with E-state index in [0.29, 0.717) is 23.2 Å². The average Bonchev–Trinajstić information content (AvgIpc) is 2.30. The maximum absolute atomic E-state index is 11.8. The average molecular weight is 253 g/mol. The summed E-state index contributed by atoms with van der Waals surface area (Å²) in [5, 5.41) is 3.39. The Morgan fingerprint density at radius 2 is 2.18 bits per heavy atom. The second-order valence-electron chi connectivity index (χ2n) is 4.62. The minimum Gasteiger partial charge on any atom is -0.311 e. The van der Waals surface area contributed by atoms with E-state index in [9.17, 15) is 4.79 Å². The second kappa shape index (κ2) is 6.01. The van der Waals surface area contributed by atoms with Crippen molar-refractivity contribution in [1.82, 2.24) is 4.98 Å². The molecule has 2 rings (SSSR count). The molecular weight excluding hydrogens is 236 g/mol. The van der Waals surface area contributed by atoms with Crippen LogP contribution < -0.4 is 5.32 Å². The first-order valence-electron chi connectivity index (χ1n) is 6.15. The lowest BCUT2D eigenvalue weighted by Crippen LogP contribution is -2.18. The fourth-order valence-electron chi connectivity index (χ4n) is 2.32. The van der Waals surface area contributed by atoms with Gasteiger partial charge in [0.1, 0.15) is 5.82 Å². The molecule has 0 aliphatic heterocycles. The van der Waals surface area contributed by atoms with Crippen LogP contribution in [0.1, 0.15) is 38.5 Å². The largest absolute Gasteiger partial charge is 0.311 e. The highest BCUT2D eigenvalue weighted by Gasteiger charge is 2.17. The predicted molar refractivity (Wildman–Crippen MR) is 69.1 cm³/mol. The smallest absolute Gasteiger partial charge is 0.225 e. The van der Waals surface area contributed by atoms with Gasteiger partial charge in [-0.3, -0.25) is 4.79 Å². The zero-order valence-corrected chi connectivity index (χ0v) is 10.5. The van der Waals surface area contributed by atoms with Gasteiger partial charge in [-0.25, -0.2) is 4.98 Å². The summed E-state index contributed by atoms with van der Waals surface area (Å²) in [6, 6.07) is 3.36. The number of anilines is 1. The van der Waals surface area contributed by atoms with Crippen LogP contribution in [0.5, 0.6) is 0 Å². The molecule has 1 aromatic rings. The van der Waals surface area contributed by atoms with Crippen LogP contribution in [-0.4, -0.2) is 10.9 Å². The summed E-state index contributed by atoms with van der Waals surface area (Å²) < 4.78 is 0. The van der Waals surface area contributed by atoms with Crippen molar-refractivity contribution in [2.24, 2.45) is 5.92 Å². The third-order valence-electron chi connectivity index (χ3n) is 3.19. The Balaban J connectivity index is 1.84. The Morgan fingerprint density at radius 1 is 1.41 bits per heavy atom. The van der Waals surface area contributed by atoms with Crippen molar-refractivity contribution in [2.75, 3.05) is 5.32 Å². The zero-order chi connectivity index (χ0) is 12.1. The van der Waals surface area contributed by atoms with Crippen LogP contribution in [0.25, 0.3) is 0 Å². The molecule has 0 atom stereocenters. The van der Waals surface area contributed by atoms with E-state index >= 15 is 0 Å². The van der Waals surface area contributed by atoms with Crippen molar-refractivity contribution in [2.45, 2.75) is 38.5 Å². The molecule has 0 saturated heterocycles. The second-order valence-corrected chi connectivity index (χ2v) is 5.05. The summed E-state index contributed by atoms with van der Waals surface area (Å²) in [5.41, 5.74) is 0. The molecule has 1 heterocycles. The molecule has 1 fully saturated rings. The van der Waals surface area contributed by atoms with Gasteiger partial charge in [0.2, 0.25) is 5.91 Å². The highest BCUT2D eigenvalue weighted by molar-refractivity contribution is 6.30. The van der Waals surface area contributed by atoms with E-state index in [1.165, 1.54) is 32.1 Å². The number of hydrogen-bond acceptors (Lipinski definition) is 2. The van der Waals surface area contributed by atoms with E-state index in [0.717, 1.165) is 0 Å². The van der Waals surface area contributed by atoms with Crippen molar-refractivity contribution in [1.29, 1.82) is 0 Å². The van der Waals surface area contributed by atoms with Crippen LogP contribution in [-0.2, 0) is 4.79 Å². The van der Waals surface area contributed by atoms with Gasteiger partial charge >= 0.3 is 0 Å². The Hall–Kier alpha value is -1.09. The van der Waals surface area contributed by atoms with Crippen molar-refractivity contribution in [3.8, 4) is 0 Å². The first kappa shape index (κ1) is 12.4. The molecule has 1 amide bonds. The van der Waals surface area contributed by atoms with Crippen LogP contribution in [0.15, 0.2) is 18.3 Å². The van der Waals surface area contributed by atoms with E-state index in [1.54, 1.807) is 18.3 Å². The molecule has 1 aliphatic carbocycles. The van der Waals surface area contributed by atoms with Crippen LogP contribution in [0.3, 0.4) is 0 Å². The fraction of sp³-hybridized carbons (Fsp3) is 0.538. The number of nitrogens with zero attached hydrogens (tertiary/aromatic N) is 1. The highest BCUT2D eigenvalue weighted by atomic mass is 35.5. The third kappa shape index (κ3) is 4.00. The third-order valence-corrected chi connectivity index (χ3v) is 3.42. The normalized spacial score (nSPS) is 16.8. The number of pyridine rings is 1. The summed E-state index contributed by atoms with van der Waals surface area (Å²) in [4.78, 5) is 15.9. The van der Waals surface area contributed by atoms with Gasteiger partial charge in [0, 0.05) is 17.6 Å². The lowest BCUT2D eigenvalue weighted by atomic mass is 9.87. The monoisotopic (exact) mass is 252 g/mol. The SMILES string of the molecule is O=C(CC1CCCCC1)Nc1cc(Cl)ccn1. The van der Waals surface area contributed by atoms with Gasteiger partial charge in [-0.1, -0.05) is 30.9 Å². The fourth-order valence-corrected chi connectivity index (χ4v) is 2.48. The van der Waals surface area contributed by atoms with Gasteiger partial charge in [0.05, 0.1) is 0 Å². The Morgan fingerprint density at radius 3 is 2.88 bits per heavy atom. The molecule has 0 aromatic carbocycles. The molecule has 4 heteroatoms. The number of amides is 1. The number of hydrogen-bond donors (Lipinski definition) is 1. The number of nitrogens with one attached hydrogen (secondary N) is 1. The van der Waals surface area contributed by atoms with Crippen LogP contribution in [0, 0.1) is 5.92 Å². The highest BCUT2D eigenvalue weighted by Crippen LogP contribution is 2.26. The van der Waals surface area contributed by atoms with E-state index in [4.69, 9.17) is 11.6 Å². The number of carbonyl (C=O) groups excluding carboxylic acids is 1. The van der Waals surface area contributed by atoms with Crippen molar-refractivity contribution >= 4 is 23.3 Å². The van der Waals surface area contributed by atoms with Gasteiger partial charge in [-0.15, -0.1) is 0 Å². The van der Waals surface area contributed by atoms with E-state index in [-0.39, 0.29) is 5.91 Å². The molecule has 0 radical (unpaired) electrons. The summed E-state index contributed by atoms with van der Waals surface area (Å²) >= 11 is 5.83. The number of rotatable bonds is 3. The number of aromatic nitrogens is 1. The predicted octanol–water partition coefficient (Wildman–Crippen LogP) is 3.64.